The third-order valence-corrected chi connectivity index (χ3v) is 3.68. The monoisotopic (exact) mass is 325 g/mol. The van der Waals surface area contributed by atoms with E-state index < -0.39 is 23.8 Å². The Morgan fingerprint density at radius 2 is 2.13 bits per heavy atom. The third-order valence-electron chi connectivity index (χ3n) is 3.68. The highest BCUT2D eigenvalue weighted by molar-refractivity contribution is 5.82. The van der Waals surface area contributed by atoms with Crippen LogP contribution in [0.5, 0.6) is 0 Å². The van der Waals surface area contributed by atoms with E-state index in [0.29, 0.717) is 19.4 Å². The van der Waals surface area contributed by atoms with Crippen LogP contribution in [0, 0.1) is 0 Å². The zero-order chi connectivity index (χ0) is 16.8. The molecule has 0 saturated carbocycles. The smallest absolute Gasteiger partial charge is 0.415 e. The molecule has 2 fully saturated rings. The maximum Gasteiger partial charge on any atom is 0.415 e. The molecule has 2 aliphatic heterocycles. The van der Waals surface area contributed by atoms with Gasteiger partial charge in [0.1, 0.15) is 11.6 Å². The van der Waals surface area contributed by atoms with Gasteiger partial charge in [-0.15, -0.1) is 5.10 Å². The van der Waals surface area contributed by atoms with Gasteiger partial charge >= 0.3 is 18.1 Å². The highest BCUT2D eigenvalue weighted by Crippen LogP contribution is 2.37. The number of amides is 3. The zero-order valence-electron chi connectivity index (χ0n) is 13.1. The molecule has 3 rings (SSSR count). The first-order valence-electron chi connectivity index (χ1n) is 7.37. The second-order valence-corrected chi connectivity index (χ2v) is 6.60. The number of nitrogens with one attached hydrogen (secondary N) is 1. The van der Waals surface area contributed by atoms with E-state index in [0.717, 1.165) is 5.06 Å². The number of piperidine rings is 1. The molecule has 0 unspecified atom stereocenters. The molecule has 10 heteroatoms. The van der Waals surface area contributed by atoms with E-state index in [9.17, 15) is 14.8 Å². The van der Waals surface area contributed by atoms with E-state index in [1.54, 1.807) is 20.8 Å². The molecule has 1 aromatic heterocycles. The summed E-state index contributed by atoms with van der Waals surface area (Å²) < 4.78 is 10.5. The van der Waals surface area contributed by atoms with Crippen LogP contribution < -0.4 is 5.32 Å². The van der Waals surface area contributed by atoms with Crippen molar-refractivity contribution in [3.05, 3.63) is 5.89 Å². The van der Waals surface area contributed by atoms with Crippen molar-refractivity contribution in [3.63, 3.8) is 0 Å². The predicted molar refractivity (Wildman–Crippen MR) is 75.6 cm³/mol. The van der Waals surface area contributed by atoms with Crippen LogP contribution in [0.4, 0.5) is 15.6 Å². The summed E-state index contributed by atoms with van der Waals surface area (Å²) in [5, 5.41) is 20.4. The molecule has 0 radical (unpaired) electrons. The maximum absolute atomic E-state index is 11.9. The molecule has 2 bridgehead atoms. The molecule has 3 amide bonds. The molecule has 3 heterocycles. The molecule has 23 heavy (non-hydrogen) atoms. The average Bonchev–Trinajstić information content (AvgIpc) is 2.98. The van der Waals surface area contributed by atoms with Crippen molar-refractivity contribution < 1.29 is 24.0 Å². The summed E-state index contributed by atoms with van der Waals surface area (Å²) in [5.74, 6) is 0.221. The Hall–Kier alpha value is -2.36. The Morgan fingerprint density at radius 3 is 2.83 bits per heavy atom. The van der Waals surface area contributed by atoms with Crippen LogP contribution in [-0.2, 0) is 4.74 Å². The Balaban J connectivity index is 1.68. The summed E-state index contributed by atoms with van der Waals surface area (Å²) in [6, 6.07) is -1.17. The van der Waals surface area contributed by atoms with E-state index in [1.807, 2.05) is 0 Å². The van der Waals surface area contributed by atoms with Crippen LogP contribution in [0.1, 0.15) is 45.5 Å². The van der Waals surface area contributed by atoms with E-state index in [2.05, 4.69) is 15.5 Å². The van der Waals surface area contributed by atoms with E-state index in [1.165, 1.54) is 4.90 Å². The Kier molecular flexibility index (Phi) is 3.63. The molecular formula is C13H19N5O5. The predicted octanol–water partition coefficient (Wildman–Crippen LogP) is 1.75. The zero-order valence-corrected chi connectivity index (χ0v) is 13.1. The summed E-state index contributed by atoms with van der Waals surface area (Å²) in [6.45, 7) is 5.63. The normalized spacial score (nSPS) is 24.1. The fourth-order valence-electron chi connectivity index (χ4n) is 2.72. The summed E-state index contributed by atoms with van der Waals surface area (Å²) in [4.78, 5) is 25.1. The molecule has 2 atom stereocenters. The van der Waals surface area contributed by atoms with Crippen LogP contribution in [0.2, 0.25) is 0 Å². The average molecular weight is 325 g/mol. The number of ether oxygens (including phenoxy) is 1. The third kappa shape index (κ3) is 3.07. The van der Waals surface area contributed by atoms with E-state index in [-0.39, 0.29) is 17.9 Å². The van der Waals surface area contributed by atoms with Crippen molar-refractivity contribution in [2.45, 2.75) is 51.3 Å². The Morgan fingerprint density at radius 1 is 1.39 bits per heavy atom. The van der Waals surface area contributed by atoms with Gasteiger partial charge in [0, 0.05) is 6.54 Å². The van der Waals surface area contributed by atoms with Gasteiger partial charge in [-0.2, -0.15) is 0 Å². The molecule has 1 aromatic rings. The van der Waals surface area contributed by atoms with Crippen molar-refractivity contribution in [3.8, 4) is 0 Å². The van der Waals surface area contributed by atoms with E-state index >= 15 is 0 Å². The minimum atomic E-state index is -0.699. The number of urea groups is 1. The van der Waals surface area contributed by atoms with Crippen molar-refractivity contribution in [2.75, 3.05) is 11.9 Å². The molecule has 2 aliphatic rings. The summed E-state index contributed by atoms with van der Waals surface area (Å²) in [5.41, 5.74) is -0.641. The molecule has 2 saturated heterocycles. The number of carbonyl (C=O) groups excluding carboxylic acids is 2. The number of carbonyl (C=O) groups is 2. The van der Waals surface area contributed by atoms with Crippen LogP contribution in [-0.4, -0.2) is 55.7 Å². The first-order valence-corrected chi connectivity index (χ1v) is 7.37. The number of hydrogen-bond acceptors (Lipinski definition) is 7. The summed E-state index contributed by atoms with van der Waals surface area (Å²) in [7, 11) is 0. The number of hydroxylamine groups is 2. The van der Waals surface area contributed by atoms with Crippen molar-refractivity contribution in [1.82, 2.24) is 20.2 Å². The van der Waals surface area contributed by atoms with Gasteiger partial charge in [0.15, 0.2) is 0 Å². The number of aromatic nitrogens is 2. The molecule has 10 nitrogen and oxygen atoms in total. The lowest BCUT2D eigenvalue weighted by molar-refractivity contribution is -0.0584. The molecule has 0 spiro atoms. The summed E-state index contributed by atoms with van der Waals surface area (Å²) in [6.07, 6.45) is 0.539. The fourth-order valence-corrected chi connectivity index (χ4v) is 2.72. The standard InChI is InChI=1S/C13H19N5O5/c1-13(2,3)23-11(19)14-10-16-15-9(22-10)8-5-4-7-6-17(8)12(20)18(7)21/h7-8,21H,4-6H2,1-3H3,(H,14,16,19)/t7-,8-/m0/s1. The Bertz CT molecular complexity index is 625. The van der Waals surface area contributed by atoms with Gasteiger partial charge in [-0.05, 0) is 33.6 Å². The van der Waals surface area contributed by atoms with Gasteiger partial charge in [-0.3, -0.25) is 5.21 Å². The number of nitrogens with zero attached hydrogens (tertiary/aromatic N) is 4. The van der Waals surface area contributed by atoms with Crippen LogP contribution >= 0.6 is 0 Å². The fraction of sp³-hybridized carbons (Fsp3) is 0.692. The van der Waals surface area contributed by atoms with Gasteiger partial charge in [0.25, 0.3) is 0 Å². The SMILES string of the molecule is CC(C)(C)OC(=O)Nc1nnc([C@@H]2CC[C@H]3CN2C(=O)N3O)o1. The van der Waals surface area contributed by atoms with Crippen LogP contribution in [0.15, 0.2) is 4.42 Å². The molecule has 2 N–H and O–H groups in total. The second-order valence-electron chi connectivity index (χ2n) is 6.60. The lowest BCUT2D eigenvalue weighted by Crippen LogP contribution is -2.34. The highest BCUT2D eigenvalue weighted by atomic mass is 16.6. The van der Waals surface area contributed by atoms with Gasteiger partial charge in [0.05, 0.1) is 6.04 Å². The molecule has 0 aromatic carbocycles. The number of anilines is 1. The first kappa shape index (κ1) is 15.5. The number of hydrogen-bond donors (Lipinski definition) is 2. The van der Waals surface area contributed by atoms with Crippen LogP contribution in [0.3, 0.4) is 0 Å². The van der Waals surface area contributed by atoms with Crippen molar-refractivity contribution >= 4 is 18.1 Å². The maximum atomic E-state index is 11.9. The topological polar surface area (TPSA) is 121 Å². The largest absolute Gasteiger partial charge is 0.443 e. The minimum absolute atomic E-state index is 0.0936. The van der Waals surface area contributed by atoms with Gasteiger partial charge < -0.3 is 14.1 Å². The lowest BCUT2D eigenvalue weighted by atomic mass is 10.0. The molecule has 0 aliphatic carbocycles. The van der Waals surface area contributed by atoms with Crippen LogP contribution in [0.25, 0.3) is 0 Å². The number of fused-ring (bicyclic) bond motifs is 2. The highest BCUT2D eigenvalue weighted by Gasteiger charge is 2.46. The first-order chi connectivity index (χ1) is 10.7. The minimum Gasteiger partial charge on any atom is -0.443 e. The Labute approximate surface area is 132 Å². The second kappa shape index (κ2) is 5.37. The molecular weight excluding hydrogens is 306 g/mol. The summed E-state index contributed by atoms with van der Waals surface area (Å²) >= 11 is 0. The quantitative estimate of drug-likeness (QED) is 0.794. The van der Waals surface area contributed by atoms with Gasteiger partial charge in [0.2, 0.25) is 5.89 Å². The number of rotatable bonds is 2. The van der Waals surface area contributed by atoms with E-state index in [4.69, 9.17) is 9.15 Å². The molecule has 126 valence electrons. The van der Waals surface area contributed by atoms with Gasteiger partial charge in [-0.1, -0.05) is 5.10 Å². The van der Waals surface area contributed by atoms with Crippen molar-refractivity contribution in [2.24, 2.45) is 0 Å². The van der Waals surface area contributed by atoms with Crippen molar-refractivity contribution in [1.29, 1.82) is 0 Å². The lowest BCUT2D eigenvalue weighted by Gasteiger charge is -2.27. The van der Waals surface area contributed by atoms with Gasteiger partial charge in [-0.25, -0.2) is 20.0 Å².